The summed E-state index contributed by atoms with van der Waals surface area (Å²) in [7, 11) is 2.15. The molecule has 2 aliphatic rings. The number of hydrogen-bond acceptors (Lipinski definition) is 1. The first kappa shape index (κ1) is 10.9. The minimum absolute atomic E-state index is 0.0513. The molecule has 2 rings (SSSR count). The second-order valence-corrected chi connectivity index (χ2v) is 5.12. The van der Waals surface area contributed by atoms with E-state index in [1.165, 1.54) is 12.0 Å². The van der Waals surface area contributed by atoms with Gasteiger partial charge in [0, 0.05) is 5.54 Å². The minimum Gasteiger partial charge on any atom is -0.297 e. The molecule has 2 heteroatoms. The van der Waals surface area contributed by atoms with E-state index < -0.39 is 0 Å². The molecule has 1 aliphatic heterocycles. The number of hydrogen-bond donors (Lipinski definition) is 0. The highest BCUT2D eigenvalue weighted by molar-refractivity contribution is 5.33. The Labute approximate surface area is 91.7 Å². The first-order valence-corrected chi connectivity index (χ1v) is 5.83. The Kier molecular flexibility index (Phi) is 2.72. The van der Waals surface area contributed by atoms with Gasteiger partial charge in [0.1, 0.15) is 5.83 Å². The number of allylic oxidation sites excluding steroid dienone is 3. The van der Waals surface area contributed by atoms with Gasteiger partial charge in [0.15, 0.2) is 0 Å². The Morgan fingerprint density at radius 3 is 2.87 bits per heavy atom. The van der Waals surface area contributed by atoms with Crippen LogP contribution >= 0.6 is 0 Å². The summed E-state index contributed by atoms with van der Waals surface area (Å²) >= 11 is 0. The van der Waals surface area contributed by atoms with Gasteiger partial charge in [-0.25, -0.2) is 4.39 Å². The van der Waals surface area contributed by atoms with Gasteiger partial charge in [-0.05, 0) is 63.4 Å². The van der Waals surface area contributed by atoms with E-state index in [2.05, 4.69) is 25.8 Å². The van der Waals surface area contributed by atoms with Crippen LogP contribution in [0.1, 0.15) is 33.1 Å². The summed E-state index contributed by atoms with van der Waals surface area (Å²) < 4.78 is 13.3. The van der Waals surface area contributed by atoms with Crippen molar-refractivity contribution in [3.63, 3.8) is 0 Å². The molecule has 84 valence electrons. The highest BCUT2D eigenvalue weighted by Crippen LogP contribution is 2.41. The molecule has 1 saturated heterocycles. The molecule has 0 aromatic rings. The van der Waals surface area contributed by atoms with E-state index in [4.69, 9.17) is 0 Å². The summed E-state index contributed by atoms with van der Waals surface area (Å²) in [5.74, 6) is 0.430. The van der Waals surface area contributed by atoms with E-state index in [0.717, 1.165) is 19.4 Å². The number of likely N-dealkylation sites (N-methyl/N-ethyl adjacent to an activating group) is 1. The lowest BCUT2D eigenvalue weighted by Gasteiger charge is -2.38. The van der Waals surface area contributed by atoms with Gasteiger partial charge >= 0.3 is 0 Å². The second kappa shape index (κ2) is 3.75. The predicted molar refractivity (Wildman–Crippen MR) is 61.3 cm³/mol. The molecule has 1 fully saturated rings. The number of likely N-dealkylation sites (tertiary alicyclic amines) is 1. The van der Waals surface area contributed by atoms with Gasteiger partial charge in [-0.1, -0.05) is 6.92 Å². The zero-order valence-corrected chi connectivity index (χ0v) is 9.89. The normalized spacial score (nSPS) is 37.7. The maximum Gasteiger partial charge on any atom is 0.119 e. The maximum atomic E-state index is 13.3. The van der Waals surface area contributed by atoms with Crippen LogP contribution in [0.5, 0.6) is 0 Å². The Morgan fingerprint density at radius 1 is 1.53 bits per heavy atom. The first-order chi connectivity index (χ1) is 7.04. The summed E-state index contributed by atoms with van der Waals surface area (Å²) in [5.41, 5.74) is 1.37. The third-order valence-corrected chi connectivity index (χ3v) is 4.11. The molecule has 0 bridgehead atoms. The largest absolute Gasteiger partial charge is 0.297 e. The first-order valence-electron chi connectivity index (χ1n) is 5.83. The van der Waals surface area contributed by atoms with Gasteiger partial charge in [0.2, 0.25) is 0 Å². The van der Waals surface area contributed by atoms with Gasteiger partial charge in [-0.2, -0.15) is 0 Å². The minimum atomic E-state index is -0.0513. The zero-order valence-electron chi connectivity index (χ0n) is 9.89. The zero-order chi connectivity index (χ0) is 11.1. The molecule has 0 radical (unpaired) electrons. The molecular weight excluding hydrogens is 189 g/mol. The van der Waals surface area contributed by atoms with Gasteiger partial charge in [0.05, 0.1) is 0 Å². The molecule has 1 aliphatic carbocycles. The summed E-state index contributed by atoms with van der Waals surface area (Å²) in [6.45, 7) is 5.58. The molecule has 0 aromatic carbocycles. The number of rotatable bonds is 1. The molecule has 0 spiro atoms. The van der Waals surface area contributed by atoms with Crippen LogP contribution in [-0.4, -0.2) is 24.0 Å². The molecule has 0 saturated carbocycles. The lowest BCUT2D eigenvalue weighted by Crippen LogP contribution is -2.42. The van der Waals surface area contributed by atoms with Crippen molar-refractivity contribution in [1.82, 2.24) is 4.90 Å². The number of nitrogens with zero attached hydrogens (tertiary/aromatic N) is 1. The van der Waals surface area contributed by atoms with Gasteiger partial charge < -0.3 is 0 Å². The van der Waals surface area contributed by atoms with Crippen LogP contribution in [0.25, 0.3) is 0 Å². The SMILES string of the molecule is CC1CC=C(F)C=C1C1(C)CCCN1C. The van der Waals surface area contributed by atoms with Crippen LogP contribution in [0.2, 0.25) is 0 Å². The molecular formula is C13H20FN. The Bertz CT molecular complexity index is 318. The standard InChI is InChI=1S/C13H20FN/c1-10-5-6-11(14)9-12(10)13(2)7-4-8-15(13)3/h6,9-10H,4-5,7-8H2,1-3H3. The maximum absolute atomic E-state index is 13.3. The molecule has 0 aromatic heterocycles. The van der Waals surface area contributed by atoms with Crippen molar-refractivity contribution >= 4 is 0 Å². The third kappa shape index (κ3) is 1.76. The van der Waals surface area contributed by atoms with Crippen molar-refractivity contribution in [2.75, 3.05) is 13.6 Å². The third-order valence-electron chi connectivity index (χ3n) is 4.11. The van der Waals surface area contributed by atoms with Crippen LogP contribution in [0, 0.1) is 5.92 Å². The van der Waals surface area contributed by atoms with Crippen molar-refractivity contribution in [3.05, 3.63) is 23.6 Å². The quantitative estimate of drug-likeness (QED) is 0.640. The molecule has 1 heterocycles. The monoisotopic (exact) mass is 209 g/mol. The fraction of sp³-hybridized carbons (Fsp3) is 0.692. The second-order valence-electron chi connectivity index (χ2n) is 5.12. The molecule has 2 atom stereocenters. The molecule has 0 amide bonds. The lowest BCUT2D eigenvalue weighted by atomic mass is 9.78. The van der Waals surface area contributed by atoms with E-state index in [-0.39, 0.29) is 11.4 Å². The summed E-state index contributed by atoms with van der Waals surface area (Å²) in [6.07, 6.45) is 6.69. The van der Waals surface area contributed by atoms with Crippen LogP contribution in [-0.2, 0) is 0 Å². The van der Waals surface area contributed by atoms with Gasteiger partial charge in [-0.3, -0.25) is 4.90 Å². The van der Waals surface area contributed by atoms with Gasteiger partial charge in [0.25, 0.3) is 0 Å². The van der Waals surface area contributed by atoms with Crippen LogP contribution in [0.15, 0.2) is 23.6 Å². The van der Waals surface area contributed by atoms with Gasteiger partial charge in [-0.15, -0.1) is 0 Å². The molecule has 15 heavy (non-hydrogen) atoms. The average molecular weight is 209 g/mol. The highest BCUT2D eigenvalue weighted by atomic mass is 19.1. The summed E-state index contributed by atoms with van der Waals surface area (Å²) in [6, 6.07) is 0. The molecule has 2 unspecified atom stereocenters. The van der Waals surface area contributed by atoms with Crippen LogP contribution < -0.4 is 0 Å². The van der Waals surface area contributed by atoms with E-state index >= 15 is 0 Å². The predicted octanol–water partition coefficient (Wildman–Crippen LogP) is 3.29. The van der Waals surface area contributed by atoms with Crippen molar-refractivity contribution < 1.29 is 4.39 Å². The van der Waals surface area contributed by atoms with Crippen molar-refractivity contribution in [3.8, 4) is 0 Å². The van der Waals surface area contributed by atoms with Crippen molar-refractivity contribution in [2.45, 2.75) is 38.6 Å². The summed E-state index contributed by atoms with van der Waals surface area (Å²) in [5, 5.41) is 0. The molecule has 1 nitrogen and oxygen atoms in total. The fourth-order valence-electron chi connectivity index (χ4n) is 2.92. The topological polar surface area (TPSA) is 3.24 Å². The van der Waals surface area contributed by atoms with Crippen molar-refractivity contribution in [1.29, 1.82) is 0 Å². The molecule has 0 N–H and O–H groups in total. The van der Waals surface area contributed by atoms with Crippen LogP contribution in [0.3, 0.4) is 0 Å². The summed E-state index contributed by atoms with van der Waals surface area (Å²) in [4.78, 5) is 2.37. The van der Waals surface area contributed by atoms with E-state index in [9.17, 15) is 4.39 Å². The lowest BCUT2D eigenvalue weighted by molar-refractivity contribution is 0.219. The van der Waals surface area contributed by atoms with E-state index in [0.29, 0.717) is 5.92 Å². The number of halogens is 1. The fourth-order valence-corrected chi connectivity index (χ4v) is 2.92. The van der Waals surface area contributed by atoms with E-state index in [1.54, 1.807) is 12.2 Å². The van der Waals surface area contributed by atoms with E-state index in [1.807, 2.05) is 0 Å². The van der Waals surface area contributed by atoms with Crippen molar-refractivity contribution in [2.24, 2.45) is 5.92 Å². The highest BCUT2D eigenvalue weighted by Gasteiger charge is 2.39. The Hall–Kier alpha value is -0.630. The van der Waals surface area contributed by atoms with Crippen LogP contribution in [0.4, 0.5) is 4.39 Å². The Balaban J connectivity index is 2.32. The average Bonchev–Trinajstić information content (AvgIpc) is 2.52. The Morgan fingerprint density at radius 2 is 2.27 bits per heavy atom. The smallest absolute Gasteiger partial charge is 0.119 e.